The van der Waals surface area contributed by atoms with Crippen molar-refractivity contribution in [1.29, 1.82) is 0 Å². The number of aromatic nitrogens is 4. The monoisotopic (exact) mass is 343 g/mol. The molecular weight excluding hydrogens is 330 g/mol. The molecule has 1 unspecified atom stereocenters. The number of nitrogens with one attached hydrogen (secondary N) is 1. The summed E-state index contributed by atoms with van der Waals surface area (Å²) in [7, 11) is 0. The van der Waals surface area contributed by atoms with E-state index >= 15 is 0 Å². The first-order chi connectivity index (χ1) is 11.6. The molecule has 0 bridgehead atoms. The standard InChI is InChI=1S/C16H14ClN5O2/c17-13-3-1-11(2-4-13)14(23)8-20-16(24)12-5-6-19-15(7-12)22-10-18-9-21-22/h1-7,9-10,14,23H,8H2,(H,20,24). The molecular formula is C16H14ClN5O2. The van der Waals surface area contributed by atoms with Crippen LogP contribution in [0.2, 0.25) is 5.02 Å². The predicted molar refractivity (Wildman–Crippen MR) is 87.9 cm³/mol. The van der Waals surface area contributed by atoms with Gasteiger partial charge in [-0.2, -0.15) is 5.10 Å². The Labute approximate surface area is 142 Å². The van der Waals surface area contributed by atoms with Gasteiger partial charge in [0.1, 0.15) is 12.7 Å². The maximum absolute atomic E-state index is 12.2. The van der Waals surface area contributed by atoms with Crippen molar-refractivity contribution in [3.63, 3.8) is 0 Å². The Balaban J connectivity index is 1.65. The minimum absolute atomic E-state index is 0.0848. The zero-order valence-corrected chi connectivity index (χ0v) is 13.3. The molecule has 2 heterocycles. The molecule has 1 amide bonds. The smallest absolute Gasteiger partial charge is 0.251 e. The maximum atomic E-state index is 12.2. The molecule has 3 aromatic rings. The third-order valence-corrected chi connectivity index (χ3v) is 3.62. The van der Waals surface area contributed by atoms with Crippen molar-refractivity contribution in [3.05, 3.63) is 71.4 Å². The van der Waals surface area contributed by atoms with Crippen LogP contribution < -0.4 is 5.32 Å². The summed E-state index contributed by atoms with van der Waals surface area (Å²) in [6.07, 6.45) is 3.58. The van der Waals surface area contributed by atoms with Crippen LogP contribution in [0.15, 0.2) is 55.2 Å². The highest BCUT2D eigenvalue weighted by Gasteiger charge is 2.12. The number of carbonyl (C=O) groups is 1. The van der Waals surface area contributed by atoms with Gasteiger partial charge in [0.15, 0.2) is 5.82 Å². The van der Waals surface area contributed by atoms with Gasteiger partial charge in [-0.1, -0.05) is 23.7 Å². The highest BCUT2D eigenvalue weighted by atomic mass is 35.5. The average Bonchev–Trinajstić information content (AvgIpc) is 3.15. The summed E-state index contributed by atoms with van der Waals surface area (Å²) in [4.78, 5) is 20.2. The number of pyridine rings is 1. The quantitative estimate of drug-likeness (QED) is 0.736. The fourth-order valence-corrected chi connectivity index (χ4v) is 2.23. The van der Waals surface area contributed by atoms with Crippen LogP contribution in [0, 0.1) is 0 Å². The van der Waals surface area contributed by atoms with E-state index in [1.54, 1.807) is 36.4 Å². The molecule has 0 saturated heterocycles. The molecule has 1 aromatic carbocycles. The molecule has 0 fully saturated rings. The van der Waals surface area contributed by atoms with Crippen LogP contribution in [0.25, 0.3) is 5.82 Å². The van der Waals surface area contributed by atoms with E-state index in [-0.39, 0.29) is 12.5 Å². The predicted octanol–water partition coefficient (Wildman–Crippen LogP) is 1.78. The van der Waals surface area contributed by atoms with Gasteiger partial charge in [-0.25, -0.2) is 14.6 Å². The number of amides is 1. The van der Waals surface area contributed by atoms with Gasteiger partial charge in [-0.05, 0) is 29.8 Å². The number of hydrogen-bond donors (Lipinski definition) is 2. The van der Waals surface area contributed by atoms with Crippen LogP contribution in [-0.4, -0.2) is 37.3 Å². The molecule has 3 rings (SSSR count). The van der Waals surface area contributed by atoms with E-state index in [1.165, 1.54) is 23.5 Å². The summed E-state index contributed by atoms with van der Waals surface area (Å²) in [5, 5.41) is 17.4. The molecule has 24 heavy (non-hydrogen) atoms. The Morgan fingerprint density at radius 2 is 2.08 bits per heavy atom. The Hall–Kier alpha value is -2.77. The molecule has 1 atom stereocenters. The number of halogens is 1. The van der Waals surface area contributed by atoms with Crippen LogP contribution >= 0.6 is 11.6 Å². The lowest BCUT2D eigenvalue weighted by Gasteiger charge is -2.12. The lowest BCUT2D eigenvalue weighted by atomic mass is 10.1. The first-order valence-electron chi connectivity index (χ1n) is 7.16. The molecule has 0 aliphatic heterocycles. The van der Waals surface area contributed by atoms with Crippen LogP contribution in [0.5, 0.6) is 0 Å². The highest BCUT2D eigenvalue weighted by Crippen LogP contribution is 2.16. The Bertz CT molecular complexity index is 821. The van der Waals surface area contributed by atoms with Crippen molar-refractivity contribution in [3.8, 4) is 5.82 Å². The number of aliphatic hydroxyl groups is 1. The van der Waals surface area contributed by atoms with Gasteiger partial charge >= 0.3 is 0 Å². The fraction of sp³-hybridized carbons (Fsp3) is 0.125. The lowest BCUT2D eigenvalue weighted by Crippen LogP contribution is -2.28. The van der Waals surface area contributed by atoms with Crippen molar-refractivity contribution in [2.75, 3.05) is 6.54 Å². The molecule has 2 N–H and O–H groups in total. The topological polar surface area (TPSA) is 92.9 Å². The maximum Gasteiger partial charge on any atom is 0.251 e. The number of hydrogen-bond acceptors (Lipinski definition) is 5. The van der Waals surface area contributed by atoms with E-state index in [0.717, 1.165) is 0 Å². The summed E-state index contributed by atoms with van der Waals surface area (Å²) in [5.41, 5.74) is 1.09. The molecule has 0 radical (unpaired) electrons. The van der Waals surface area contributed by atoms with Crippen molar-refractivity contribution in [2.24, 2.45) is 0 Å². The minimum Gasteiger partial charge on any atom is -0.387 e. The number of rotatable bonds is 5. The van der Waals surface area contributed by atoms with E-state index in [2.05, 4.69) is 20.4 Å². The number of aliphatic hydroxyl groups excluding tert-OH is 1. The highest BCUT2D eigenvalue weighted by molar-refractivity contribution is 6.30. The van der Waals surface area contributed by atoms with Crippen molar-refractivity contribution in [2.45, 2.75) is 6.10 Å². The Kier molecular flexibility index (Phi) is 4.83. The van der Waals surface area contributed by atoms with E-state index < -0.39 is 6.10 Å². The van der Waals surface area contributed by atoms with Crippen LogP contribution in [-0.2, 0) is 0 Å². The second-order valence-electron chi connectivity index (χ2n) is 5.02. The van der Waals surface area contributed by atoms with Gasteiger partial charge < -0.3 is 10.4 Å². The van der Waals surface area contributed by atoms with Gasteiger partial charge in [-0.3, -0.25) is 4.79 Å². The molecule has 0 aliphatic carbocycles. The largest absolute Gasteiger partial charge is 0.387 e. The second kappa shape index (κ2) is 7.20. The number of nitrogens with zero attached hydrogens (tertiary/aromatic N) is 4. The third-order valence-electron chi connectivity index (χ3n) is 3.37. The van der Waals surface area contributed by atoms with E-state index in [9.17, 15) is 9.90 Å². The van der Waals surface area contributed by atoms with Gasteiger partial charge in [0.05, 0.1) is 6.10 Å². The van der Waals surface area contributed by atoms with Gasteiger partial charge in [-0.15, -0.1) is 0 Å². The summed E-state index contributed by atoms with van der Waals surface area (Å²) in [5.74, 6) is 0.171. The first kappa shape index (κ1) is 16.1. The Morgan fingerprint density at radius 3 is 2.79 bits per heavy atom. The molecule has 7 nitrogen and oxygen atoms in total. The number of carbonyl (C=O) groups excluding carboxylic acids is 1. The second-order valence-corrected chi connectivity index (χ2v) is 5.46. The summed E-state index contributed by atoms with van der Waals surface area (Å²) < 4.78 is 1.46. The van der Waals surface area contributed by atoms with E-state index in [1.807, 2.05) is 0 Å². The molecule has 122 valence electrons. The fourth-order valence-electron chi connectivity index (χ4n) is 2.11. The minimum atomic E-state index is -0.817. The molecule has 0 aliphatic rings. The summed E-state index contributed by atoms with van der Waals surface area (Å²) in [6.45, 7) is 0.0848. The summed E-state index contributed by atoms with van der Waals surface area (Å²) >= 11 is 5.81. The van der Waals surface area contributed by atoms with Crippen molar-refractivity contribution < 1.29 is 9.90 Å². The van der Waals surface area contributed by atoms with Gasteiger partial charge in [0.25, 0.3) is 5.91 Å². The zero-order valence-electron chi connectivity index (χ0n) is 12.5. The first-order valence-corrected chi connectivity index (χ1v) is 7.54. The average molecular weight is 344 g/mol. The molecule has 2 aromatic heterocycles. The summed E-state index contributed by atoms with van der Waals surface area (Å²) in [6, 6.07) is 10.00. The molecule has 8 heteroatoms. The van der Waals surface area contributed by atoms with Crippen LogP contribution in [0.1, 0.15) is 22.0 Å². The lowest BCUT2D eigenvalue weighted by molar-refractivity contribution is 0.0916. The van der Waals surface area contributed by atoms with Crippen LogP contribution in [0.3, 0.4) is 0 Å². The van der Waals surface area contributed by atoms with E-state index in [4.69, 9.17) is 11.6 Å². The van der Waals surface area contributed by atoms with Crippen LogP contribution in [0.4, 0.5) is 0 Å². The third kappa shape index (κ3) is 3.76. The van der Waals surface area contributed by atoms with Gasteiger partial charge in [0.2, 0.25) is 0 Å². The normalized spacial score (nSPS) is 11.9. The van der Waals surface area contributed by atoms with Crippen molar-refractivity contribution >= 4 is 17.5 Å². The SMILES string of the molecule is O=C(NCC(O)c1ccc(Cl)cc1)c1ccnc(-n2cncn2)c1. The van der Waals surface area contributed by atoms with E-state index in [0.29, 0.717) is 22.0 Å². The van der Waals surface area contributed by atoms with Gasteiger partial charge in [0, 0.05) is 23.3 Å². The molecule has 0 saturated carbocycles. The molecule has 0 spiro atoms. The van der Waals surface area contributed by atoms with Crippen molar-refractivity contribution in [1.82, 2.24) is 25.1 Å². The Morgan fingerprint density at radius 1 is 1.29 bits per heavy atom. The zero-order chi connectivity index (χ0) is 16.9. The number of benzene rings is 1.